The molecular weight excluding hydrogens is 529 g/mol. The number of benzene rings is 4. The molecule has 1 aromatic heterocycles. The minimum atomic E-state index is -4.85. The maximum absolute atomic E-state index is 12.8. The van der Waals surface area contributed by atoms with Crippen LogP contribution in [0.15, 0.2) is 91.0 Å². The highest BCUT2D eigenvalue weighted by atomic mass is 35.5. The Balaban J connectivity index is 1.58. The molecule has 0 radical (unpaired) electrons. The van der Waals surface area contributed by atoms with Gasteiger partial charge in [-0.15, -0.1) is 13.2 Å². The first-order chi connectivity index (χ1) is 18.6. The van der Waals surface area contributed by atoms with Crippen molar-refractivity contribution in [2.24, 2.45) is 0 Å². The van der Waals surface area contributed by atoms with Crippen molar-refractivity contribution in [2.75, 3.05) is 5.32 Å². The van der Waals surface area contributed by atoms with Crippen LogP contribution in [-0.2, 0) is 11.3 Å². The van der Waals surface area contributed by atoms with Crippen molar-refractivity contribution >= 4 is 34.2 Å². The molecule has 198 valence electrons. The van der Waals surface area contributed by atoms with E-state index in [4.69, 9.17) is 17.0 Å². The lowest BCUT2D eigenvalue weighted by Gasteiger charge is -2.15. The van der Waals surface area contributed by atoms with Crippen molar-refractivity contribution < 1.29 is 22.7 Å². The molecule has 0 bridgehead atoms. The van der Waals surface area contributed by atoms with Crippen LogP contribution in [0.3, 0.4) is 0 Å². The minimum absolute atomic E-state index is 0.225. The van der Waals surface area contributed by atoms with Gasteiger partial charge in [0.15, 0.2) is 0 Å². The third-order valence-corrected chi connectivity index (χ3v) is 6.51. The summed E-state index contributed by atoms with van der Waals surface area (Å²) in [5.41, 5.74) is 4.69. The lowest BCUT2D eigenvalue weighted by atomic mass is 10.0. The number of hydrogen-bond acceptors (Lipinski definition) is 3. The van der Waals surface area contributed by atoms with Crippen LogP contribution < -0.4 is 15.7 Å². The van der Waals surface area contributed by atoms with E-state index in [9.17, 15) is 18.0 Å². The Kier molecular flexibility index (Phi) is 6.93. The van der Waals surface area contributed by atoms with E-state index in [0.29, 0.717) is 34.1 Å². The summed E-state index contributed by atoms with van der Waals surface area (Å²) < 4.78 is 46.2. The van der Waals surface area contributed by atoms with E-state index in [1.165, 1.54) is 19.1 Å². The van der Waals surface area contributed by atoms with Gasteiger partial charge < -0.3 is 14.6 Å². The van der Waals surface area contributed by atoms with Crippen LogP contribution in [0.2, 0.25) is 5.02 Å². The molecule has 4 aromatic carbocycles. The number of fused-ring (bicyclic) bond motifs is 1. The smallest absolute Gasteiger partial charge is 0.406 e. The van der Waals surface area contributed by atoms with Crippen LogP contribution in [0.1, 0.15) is 12.5 Å². The number of ether oxygens (including phenoxy) is 1. The number of rotatable bonds is 6. The molecular formula is C29H22ClF3N4O2. The molecule has 5 aromatic rings. The topological polar surface area (TPSA) is 72.0 Å². The van der Waals surface area contributed by atoms with E-state index in [2.05, 4.69) is 10.1 Å². The van der Waals surface area contributed by atoms with Gasteiger partial charge in [-0.25, -0.2) is 0 Å². The number of aromatic nitrogens is 2. The van der Waals surface area contributed by atoms with E-state index >= 15 is 0 Å². The van der Waals surface area contributed by atoms with E-state index in [1.54, 1.807) is 28.8 Å². The molecule has 2 N–H and O–H groups in total. The molecule has 1 amide bonds. The van der Waals surface area contributed by atoms with Gasteiger partial charge >= 0.3 is 6.36 Å². The molecule has 0 aliphatic carbocycles. The second-order valence-electron chi connectivity index (χ2n) is 8.81. The van der Waals surface area contributed by atoms with Crippen molar-refractivity contribution in [1.82, 2.24) is 9.13 Å². The molecule has 0 fully saturated rings. The first kappa shape index (κ1) is 26.1. The van der Waals surface area contributed by atoms with Gasteiger partial charge in [-0.2, -0.15) is 0 Å². The van der Waals surface area contributed by atoms with E-state index in [1.807, 2.05) is 53.1 Å². The molecule has 10 heteroatoms. The van der Waals surface area contributed by atoms with E-state index in [0.717, 1.165) is 22.7 Å². The summed E-state index contributed by atoms with van der Waals surface area (Å²) in [6.45, 7) is 1.72. The second kappa shape index (κ2) is 10.3. The van der Waals surface area contributed by atoms with Crippen LogP contribution in [0.5, 0.6) is 5.75 Å². The number of anilines is 1. The molecule has 0 saturated heterocycles. The highest BCUT2D eigenvalue weighted by molar-refractivity contribution is 6.31. The van der Waals surface area contributed by atoms with Crippen molar-refractivity contribution in [2.45, 2.75) is 19.8 Å². The molecule has 0 atom stereocenters. The van der Waals surface area contributed by atoms with E-state index < -0.39 is 12.1 Å². The van der Waals surface area contributed by atoms with Crippen molar-refractivity contribution in [1.29, 1.82) is 5.41 Å². The summed E-state index contributed by atoms with van der Waals surface area (Å²) in [6.07, 6.45) is -4.85. The lowest BCUT2D eigenvalue weighted by molar-refractivity contribution is -0.274. The molecule has 6 nitrogen and oxygen atoms in total. The third-order valence-electron chi connectivity index (χ3n) is 6.14. The standard InChI is InChI=1S/C29H22ClF3N4O2/c1-18(38)35-25-15-14-22(39-29(31,32)33)16-23(25)19-10-12-21(13-11-19)37-27-9-5-4-8-26(27)36(28(37)34)17-20-6-2-3-7-24(20)30/h2-16,34H,17H2,1H3,(H,35,38). The predicted molar refractivity (Wildman–Crippen MR) is 144 cm³/mol. The molecule has 0 saturated carbocycles. The number of hydrogen-bond donors (Lipinski definition) is 2. The minimum Gasteiger partial charge on any atom is -0.406 e. The summed E-state index contributed by atoms with van der Waals surface area (Å²) in [4.78, 5) is 11.7. The predicted octanol–water partition coefficient (Wildman–Crippen LogP) is 7.14. The Morgan fingerprint density at radius 1 is 0.949 bits per heavy atom. The number of nitrogens with one attached hydrogen (secondary N) is 2. The summed E-state index contributed by atoms with van der Waals surface area (Å²) in [7, 11) is 0. The third kappa shape index (κ3) is 5.53. The summed E-state index contributed by atoms with van der Waals surface area (Å²) >= 11 is 6.39. The maximum atomic E-state index is 12.8. The average molecular weight is 551 g/mol. The zero-order valence-electron chi connectivity index (χ0n) is 20.6. The number of amides is 1. The zero-order chi connectivity index (χ0) is 27.7. The van der Waals surface area contributed by atoms with Crippen molar-refractivity contribution in [3.63, 3.8) is 0 Å². The number of carbonyl (C=O) groups is 1. The van der Waals surface area contributed by atoms with Gasteiger partial charge in [0.25, 0.3) is 0 Å². The SMILES string of the molecule is CC(=O)Nc1ccc(OC(F)(F)F)cc1-c1ccc(-n2c(=N)n(Cc3ccccc3Cl)c3ccccc32)cc1. The Bertz CT molecular complexity index is 1740. The lowest BCUT2D eigenvalue weighted by Crippen LogP contribution is -2.24. The first-order valence-corrected chi connectivity index (χ1v) is 12.2. The van der Waals surface area contributed by atoms with Gasteiger partial charge in [0.2, 0.25) is 11.5 Å². The number of para-hydroxylation sites is 2. The van der Waals surface area contributed by atoms with E-state index in [-0.39, 0.29) is 11.5 Å². The number of nitrogens with zero attached hydrogens (tertiary/aromatic N) is 2. The van der Waals surface area contributed by atoms with Crippen LogP contribution in [0.25, 0.3) is 27.8 Å². The highest BCUT2D eigenvalue weighted by Gasteiger charge is 2.31. The molecule has 5 rings (SSSR count). The quantitative estimate of drug-likeness (QED) is 0.236. The summed E-state index contributed by atoms with van der Waals surface area (Å²) in [5.74, 6) is -0.765. The number of carbonyl (C=O) groups excluding carboxylic acids is 1. The second-order valence-corrected chi connectivity index (χ2v) is 9.22. The normalized spacial score (nSPS) is 11.5. The first-order valence-electron chi connectivity index (χ1n) is 11.9. The number of alkyl halides is 3. The Morgan fingerprint density at radius 3 is 2.28 bits per heavy atom. The zero-order valence-corrected chi connectivity index (χ0v) is 21.3. The van der Waals surface area contributed by atoms with Gasteiger partial charge in [-0.1, -0.05) is 54.1 Å². The van der Waals surface area contributed by atoms with Gasteiger partial charge in [0.1, 0.15) is 5.75 Å². The molecule has 0 spiro atoms. The van der Waals surface area contributed by atoms with Crippen LogP contribution >= 0.6 is 11.6 Å². The van der Waals surface area contributed by atoms with Gasteiger partial charge in [-0.05, 0) is 59.7 Å². The largest absolute Gasteiger partial charge is 0.573 e. The van der Waals surface area contributed by atoms with Gasteiger partial charge in [0, 0.05) is 28.9 Å². The number of imidazole rings is 1. The monoisotopic (exact) mass is 550 g/mol. The fraction of sp³-hybridized carbons (Fsp3) is 0.103. The Morgan fingerprint density at radius 2 is 1.62 bits per heavy atom. The van der Waals surface area contributed by atoms with Crippen LogP contribution in [0, 0.1) is 5.41 Å². The molecule has 0 aliphatic rings. The molecule has 39 heavy (non-hydrogen) atoms. The fourth-order valence-corrected chi connectivity index (χ4v) is 4.69. The van der Waals surface area contributed by atoms with Crippen molar-refractivity contribution in [3.05, 3.63) is 107 Å². The molecule has 0 aliphatic heterocycles. The molecule has 1 heterocycles. The maximum Gasteiger partial charge on any atom is 0.573 e. The van der Waals surface area contributed by atoms with Crippen LogP contribution in [0.4, 0.5) is 18.9 Å². The van der Waals surface area contributed by atoms with Gasteiger partial charge in [-0.3, -0.25) is 14.8 Å². The van der Waals surface area contributed by atoms with Crippen molar-refractivity contribution in [3.8, 4) is 22.6 Å². The number of halogens is 4. The fourth-order valence-electron chi connectivity index (χ4n) is 4.50. The average Bonchev–Trinajstić information content (AvgIpc) is 3.16. The van der Waals surface area contributed by atoms with Crippen LogP contribution in [-0.4, -0.2) is 21.4 Å². The Labute approximate surface area is 226 Å². The molecule has 0 unspecified atom stereocenters. The Hall–Kier alpha value is -4.50. The summed E-state index contributed by atoms with van der Waals surface area (Å²) in [6, 6.07) is 25.8. The van der Waals surface area contributed by atoms with Gasteiger partial charge in [0.05, 0.1) is 17.6 Å². The summed E-state index contributed by atoms with van der Waals surface area (Å²) in [5, 5.41) is 12.2. The highest BCUT2D eigenvalue weighted by Crippen LogP contribution is 2.34.